The lowest BCUT2D eigenvalue weighted by molar-refractivity contribution is 0.977. The molecule has 88 valence electrons. The molecule has 2 aromatic rings. The molecule has 0 saturated heterocycles. The van der Waals surface area contributed by atoms with Gasteiger partial charge in [-0.15, -0.1) is 0 Å². The smallest absolute Gasteiger partial charge is 0.223 e. The van der Waals surface area contributed by atoms with Crippen LogP contribution in [0.2, 0.25) is 0 Å². The number of nitrogens with one attached hydrogen (secondary N) is 1. The fourth-order valence-electron chi connectivity index (χ4n) is 1.28. The highest BCUT2D eigenvalue weighted by Gasteiger charge is 2.04. The lowest BCUT2D eigenvalue weighted by Gasteiger charge is -2.05. The minimum Gasteiger partial charge on any atom is -0.354 e. The Morgan fingerprint density at radius 3 is 2.88 bits per heavy atom. The summed E-state index contributed by atoms with van der Waals surface area (Å²) in [4.78, 5) is 16.7. The third-order valence-corrected chi connectivity index (χ3v) is 2.80. The highest BCUT2D eigenvalue weighted by molar-refractivity contribution is 7.99. The van der Waals surface area contributed by atoms with Gasteiger partial charge in [0.15, 0.2) is 0 Å². The van der Waals surface area contributed by atoms with Crippen molar-refractivity contribution in [3.05, 3.63) is 30.4 Å². The van der Waals surface area contributed by atoms with Gasteiger partial charge in [-0.3, -0.25) is 0 Å². The number of anilines is 1. The van der Waals surface area contributed by atoms with Crippen LogP contribution in [-0.2, 0) is 0 Å². The first-order valence-corrected chi connectivity index (χ1v) is 6.13. The van der Waals surface area contributed by atoms with Crippen LogP contribution in [0.3, 0.4) is 0 Å². The average Bonchev–Trinajstić information content (AvgIpc) is 2.30. The molecule has 0 fully saturated rings. The Morgan fingerprint density at radius 2 is 2.18 bits per heavy atom. The predicted octanol–water partition coefficient (Wildman–Crippen LogP) is 2.16. The maximum atomic E-state index is 4.40. The normalized spacial score (nSPS) is 10.2. The van der Waals surface area contributed by atoms with Crippen LogP contribution in [-0.4, -0.2) is 26.5 Å². The lowest BCUT2D eigenvalue weighted by atomic mass is 10.5. The summed E-state index contributed by atoms with van der Waals surface area (Å²) in [5.74, 6) is 0.657. The van der Waals surface area contributed by atoms with Crippen LogP contribution in [0, 0.1) is 6.92 Å². The van der Waals surface area contributed by atoms with E-state index in [1.54, 1.807) is 6.20 Å². The Bertz CT molecular complexity index is 488. The van der Waals surface area contributed by atoms with E-state index in [0.29, 0.717) is 5.95 Å². The molecule has 0 atom stereocenters. The molecule has 2 heterocycles. The molecule has 2 rings (SSSR count). The van der Waals surface area contributed by atoms with E-state index >= 15 is 0 Å². The van der Waals surface area contributed by atoms with Crippen molar-refractivity contribution in [3.63, 3.8) is 0 Å². The summed E-state index contributed by atoms with van der Waals surface area (Å²) < 4.78 is 0. The van der Waals surface area contributed by atoms with Gasteiger partial charge in [-0.2, -0.15) is 0 Å². The van der Waals surface area contributed by atoms with Crippen molar-refractivity contribution in [3.8, 4) is 0 Å². The summed E-state index contributed by atoms with van der Waals surface area (Å²) in [5.41, 5.74) is 0.938. The van der Waals surface area contributed by atoms with Crippen molar-refractivity contribution < 1.29 is 0 Å². The van der Waals surface area contributed by atoms with E-state index in [-0.39, 0.29) is 0 Å². The molecule has 0 saturated carbocycles. The van der Waals surface area contributed by atoms with Gasteiger partial charge in [0.2, 0.25) is 5.95 Å². The second-order valence-corrected chi connectivity index (χ2v) is 4.39. The van der Waals surface area contributed by atoms with Gasteiger partial charge < -0.3 is 5.32 Å². The first-order chi connectivity index (χ1) is 8.28. The molecular weight excluding hydrogens is 234 g/mol. The molecule has 0 spiro atoms. The van der Waals surface area contributed by atoms with E-state index in [0.717, 1.165) is 22.3 Å². The molecule has 0 radical (unpaired) electrons. The molecular formula is C11H13N5S. The van der Waals surface area contributed by atoms with Crippen LogP contribution >= 0.6 is 11.8 Å². The van der Waals surface area contributed by atoms with Gasteiger partial charge >= 0.3 is 0 Å². The highest BCUT2D eigenvalue weighted by atomic mass is 32.2. The number of hydrogen-bond acceptors (Lipinski definition) is 6. The zero-order chi connectivity index (χ0) is 12.1. The summed E-state index contributed by atoms with van der Waals surface area (Å²) >= 11 is 1.50. The molecule has 1 N–H and O–H groups in total. The quantitative estimate of drug-likeness (QED) is 0.835. The van der Waals surface area contributed by atoms with Crippen LogP contribution in [0.4, 0.5) is 5.95 Å². The van der Waals surface area contributed by atoms with Gasteiger partial charge in [-0.1, -0.05) is 0 Å². The zero-order valence-electron chi connectivity index (χ0n) is 9.71. The Kier molecular flexibility index (Phi) is 3.87. The highest BCUT2D eigenvalue weighted by Crippen LogP contribution is 2.24. The molecule has 0 unspecified atom stereocenters. The molecule has 0 aliphatic heterocycles. The largest absolute Gasteiger partial charge is 0.354 e. The molecule has 6 heteroatoms. The topological polar surface area (TPSA) is 63.6 Å². The SMILES string of the molecule is CCNc1nc(C)cc(Sc2ccncn2)n1. The second-order valence-electron chi connectivity index (χ2n) is 3.35. The summed E-state index contributed by atoms with van der Waals surface area (Å²) in [5, 5.41) is 4.86. The number of aryl methyl sites for hydroxylation is 1. The lowest BCUT2D eigenvalue weighted by Crippen LogP contribution is -2.03. The van der Waals surface area contributed by atoms with E-state index in [4.69, 9.17) is 0 Å². The summed E-state index contributed by atoms with van der Waals surface area (Å²) in [6.45, 7) is 4.77. The zero-order valence-corrected chi connectivity index (χ0v) is 10.5. The maximum Gasteiger partial charge on any atom is 0.223 e. The minimum atomic E-state index is 0.657. The second kappa shape index (κ2) is 5.58. The van der Waals surface area contributed by atoms with Crippen molar-refractivity contribution in [2.24, 2.45) is 0 Å². The van der Waals surface area contributed by atoms with Crippen molar-refractivity contribution in [2.45, 2.75) is 23.9 Å². The molecule has 5 nitrogen and oxygen atoms in total. The van der Waals surface area contributed by atoms with Gasteiger partial charge in [0.05, 0.1) is 0 Å². The molecule has 0 aromatic carbocycles. The van der Waals surface area contributed by atoms with Crippen LogP contribution in [0.25, 0.3) is 0 Å². The summed E-state index contributed by atoms with van der Waals surface area (Å²) in [7, 11) is 0. The van der Waals surface area contributed by atoms with Gasteiger partial charge in [-0.05, 0) is 37.7 Å². The monoisotopic (exact) mass is 247 g/mol. The third-order valence-electron chi connectivity index (χ3n) is 1.93. The standard InChI is InChI=1S/C11H13N5S/c1-3-13-11-15-8(2)6-10(16-11)17-9-4-5-12-7-14-9/h4-7H,3H2,1-2H3,(H,13,15,16). The fraction of sp³-hybridized carbons (Fsp3) is 0.273. The Hall–Kier alpha value is -1.69. The number of hydrogen-bond donors (Lipinski definition) is 1. The van der Waals surface area contributed by atoms with E-state index in [2.05, 4.69) is 25.3 Å². The number of aromatic nitrogens is 4. The molecule has 0 aliphatic rings. The molecule has 0 amide bonds. The molecule has 0 aliphatic carbocycles. The van der Waals surface area contributed by atoms with Gasteiger partial charge in [0, 0.05) is 18.4 Å². The fourth-order valence-corrected chi connectivity index (χ4v) is 2.08. The van der Waals surface area contributed by atoms with E-state index < -0.39 is 0 Å². The number of nitrogens with zero attached hydrogens (tertiary/aromatic N) is 4. The van der Waals surface area contributed by atoms with Crippen LogP contribution in [0.1, 0.15) is 12.6 Å². The Morgan fingerprint density at radius 1 is 1.29 bits per heavy atom. The minimum absolute atomic E-state index is 0.657. The Balaban J connectivity index is 2.21. The van der Waals surface area contributed by atoms with Gasteiger partial charge in [0.25, 0.3) is 0 Å². The van der Waals surface area contributed by atoms with Crippen molar-refractivity contribution in [1.29, 1.82) is 0 Å². The first-order valence-electron chi connectivity index (χ1n) is 5.31. The van der Waals surface area contributed by atoms with Crippen molar-refractivity contribution in [2.75, 3.05) is 11.9 Å². The average molecular weight is 247 g/mol. The number of rotatable bonds is 4. The summed E-state index contributed by atoms with van der Waals surface area (Å²) in [6.07, 6.45) is 3.25. The first kappa shape index (κ1) is 11.8. The Labute approximate surface area is 104 Å². The van der Waals surface area contributed by atoms with Crippen LogP contribution in [0.5, 0.6) is 0 Å². The van der Waals surface area contributed by atoms with Gasteiger partial charge in [0.1, 0.15) is 16.4 Å². The van der Waals surface area contributed by atoms with Gasteiger partial charge in [-0.25, -0.2) is 19.9 Å². The van der Waals surface area contributed by atoms with Crippen LogP contribution in [0.15, 0.2) is 34.7 Å². The van der Waals surface area contributed by atoms with Crippen molar-refractivity contribution >= 4 is 17.7 Å². The maximum absolute atomic E-state index is 4.40. The van der Waals surface area contributed by atoms with E-state index in [1.165, 1.54) is 18.1 Å². The van der Waals surface area contributed by atoms with E-state index in [9.17, 15) is 0 Å². The van der Waals surface area contributed by atoms with E-state index in [1.807, 2.05) is 26.0 Å². The predicted molar refractivity (Wildman–Crippen MR) is 67.1 cm³/mol. The molecule has 2 aromatic heterocycles. The third kappa shape index (κ3) is 3.39. The van der Waals surface area contributed by atoms with Crippen LogP contribution < -0.4 is 5.32 Å². The van der Waals surface area contributed by atoms with Crippen molar-refractivity contribution in [1.82, 2.24) is 19.9 Å². The molecule has 0 bridgehead atoms. The molecule has 17 heavy (non-hydrogen) atoms. The summed E-state index contributed by atoms with van der Waals surface area (Å²) in [6, 6.07) is 3.79.